The van der Waals surface area contributed by atoms with Gasteiger partial charge in [0.25, 0.3) is 0 Å². The molecule has 142 valence electrons. The van der Waals surface area contributed by atoms with Crippen LogP contribution in [0.25, 0.3) is 0 Å². The largest absolute Gasteiger partial charge is 0.493 e. The standard InChI is InChI=1S/C20H34N2O3/c1-15(2)21-11-7-13-24-18-9-6-10-19(20(18)17(5)23)25-14-8-12-22-16(3)4/h6,9-10,15-16,21-22H,7-8,11-14H2,1-5H3. The maximum Gasteiger partial charge on any atom is 0.167 e. The molecular formula is C20H34N2O3. The predicted molar refractivity (Wildman–Crippen MR) is 103 cm³/mol. The Morgan fingerprint density at radius 1 is 0.920 bits per heavy atom. The molecule has 0 bridgehead atoms. The van der Waals surface area contributed by atoms with Crippen LogP contribution in [0.2, 0.25) is 0 Å². The summed E-state index contributed by atoms with van der Waals surface area (Å²) in [5.74, 6) is 1.18. The van der Waals surface area contributed by atoms with E-state index in [1.807, 2.05) is 18.2 Å². The van der Waals surface area contributed by atoms with E-state index in [9.17, 15) is 4.79 Å². The van der Waals surface area contributed by atoms with Gasteiger partial charge < -0.3 is 20.1 Å². The molecule has 1 aromatic carbocycles. The van der Waals surface area contributed by atoms with Crippen LogP contribution in [-0.4, -0.2) is 44.2 Å². The van der Waals surface area contributed by atoms with Gasteiger partial charge in [-0.2, -0.15) is 0 Å². The van der Waals surface area contributed by atoms with Gasteiger partial charge >= 0.3 is 0 Å². The van der Waals surface area contributed by atoms with Crippen molar-refractivity contribution in [3.05, 3.63) is 23.8 Å². The zero-order chi connectivity index (χ0) is 18.7. The van der Waals surface area contributed by atoms with Crippen LogP contribution in [0, 0.1) is 0 Å². The first kappa shape index (κ1) is 21.5. The molecule has 0 saturated heterocycles. The second-order valence-corrected chi connectivity index (χ2v) is 6.81. The second kappa shape index (κ2) is 11.9. The Morgan fingerprint density at radius 2 is 1.36 bits per heavy atom. The van der Waals surface area contributed by atoms with E-state index in [2.05, 4.69) is 38.3 Å². The Morgan fingerprint density at radius 3 is 1.72 bits per heavy atom. The highest BCUT2D eigenvalue weighted by Gasteiger charge is 2.15. The van der Waals surface area contributed by atoms with Crippen LogP contribution in [0.1, 0.15) is 57.8 Å². The smallest absolute Gasteiger partial charge is 0.167 e. The molecule has 1 rings (SSSR count). The first-order chi connectivity index (χ1) is 11.9. The van der Waals surface area contributed by atoms with Crippen LogP contribution >= 0.6 is 0 Å². The molecule has 5 nitrogen and oxygen atoms in total. The number of rotatable bonds is 13. The molecule has 25 heavy (non-hydrogen) atoms. The van der Waals surface area contributed by atoms with Gasteiger partial charge in [0, 0.05) is 12.1 Å². The summed E-state index contributed by atoms with van der Waals surface area (Å²) in [6, 6.07) is 6.47. The van der Waals surface area contributed by atoms with Gasteiger partial charge in [-0.1, -0.05) is 33.8 Å². The number of benzene rings is 1. The maximum atomic E-state index is 12.1. The number of ether oxygens (including phenoxy) is 2. The summed E-state index contributed by atoms with van der Waals surface area (Å²) in [7, 11) is 0. The van der Waals surface area contributed by atoms with Gasteiger partial charge in [-0.05, 0) is 45.0 Å². The van der Waals surface area contributed by atoms with Crippen molar-refractivity contribution in [3.8, 4) is 11.5 Å². The quantitative estimate of drug-likeness (QED) is 0.422. The Balaban J connectivity index is 2.56. The van der Waals surface area contributed by atoms with E-state index < -0.39 is 0 Å². The average molecular weight is 351 g/mol. The number of ketones is 1. The summed E-state index contributed by atoms with van der Waals surface area (Å²) in [6.07, 6.45) is 1.78. The van der Waals surface area contributed by atoms with Gasteiger partial charge in [0.15, 0.2) is 5.78 Å². The van der Waals surface area contributed by atoms with Crippen LogP contribution in [0.15, 0.2) is 18.2 Å². The third-order valence-corrected chi connectivity index (χ3v) is 3.60. The van der Waals surface area contributed by atoms with Crippen molar-refractivity contribution in [2.24, 2.45) is 0 Å². The Hall–Kier alpha value is -1.59. The molecule has 0 aliphatic carbocycles. The van der Waals surface area contributed by atoms with E-state index >= 15 is 0 Å². The van der Waals surface area contributed by atoms with Crippen LogP contribution < -0.4 is 20.1 Å². The first-order valence-corrected chi connectivity index (χ1v) is 9.28. The van der Waals surface area contributed by atoms with Gasteiger partial charge in [-0.15, -0.1) is 0 Å². The number of carbonyl (C=O) groups excluding carboxylic acids is 1. The molecule has 0 atom stereocenters. The Bertz CT molecular complexity index is 479. The molecule has 1 aromatic rings. The maximum absolute atomic E-state index is 12.1. The van der Waals surface area contributed by atoms with Crippen molar-refractivity contribution in [2.75, 3.05) is 26.3 Å². The van der Waals surface area contributed by atoms with E-state index in [0.29, 0.717) is 42.4 Å². The molecule has 2 N–H and O–H groups in total. The van der Waals surface area contributed by atoms with Crippen molar-refractivity contribution in [3.63, 3.8) is 0 Å². The van der Waals surface area contributed by atoms with Gasteiger partial charge in [0.1, 0.15) is 17.1 Å². The average Bonchev–Trinajstić information content (AvgIpc) is 2.53. The van der Waals surface area contributed by atoms with E-state index in [-0.39, 0.29) is 5.78 Å². The molecule has 5 heteroatoms. The van der Waals surface area contributed by atoms with Crippen molar-refractivity contribution in [2.45, 2.75) is 59.5 Å². The van der Waals surface area contributed by atoms with Crippen molar-refractivity contribution in [1.82, 2.24) is 10.6 Å². The molecule has 0 radical (unpaired) electrons. The topological polar surface area (TPSA) is 59.6 Å². The third-order valence-electron chi connectivity index (χ3n) is 3.60. The summed E-state index contributed by atoms with van der Waals surface area (Å²) in [4.78, 5) is 12.1. The molecule has 0 unspecified atom stereocenters. The fourth-order valence-corrected chi connectivity index (χ4v) is 2.39. The molecule has 0 fully saturated rings. The van der Waals surface area contributed by atoms with Crippen molar-refractivity contribution in [1.29, 1.82) is 0 Å². The van der Waals surface area contributed by atoms with E-state index in [1.54, 1.807) is 6.92 Å². The SMILES string of the molecule is CC(=O)c1c(OCCCNC(C)C)cccc1OCCCNC(C)C. The molecule has 0 heterocycles. The summed E-state index contributed by atoms with van der Waals surface area (Å²) in [5, 5.41) is 6.70. The fraction of sp³-hybridized carbons (Fsp3) is 0.650. The molecule has 0 aliphatic heterocycles. The zero-order valence-electron chi connectivity index (χ0n) is 16.4. The van der Waals surface area contributed by atoms with Crippen LogP contribution in [0.3, 0.4) is 0 Å². The van der Waals surface area contributed by atoms with Crippen LogP contribution in [-0.2, 0) is 0 Å². The van der Waals surface area contributed by atoms with Gasteiger partial charge in [-0.25, -0.2) is 0 Å². The van der Waals surface area contributed by atoms with E-state index in [4.69, 9.17) is 9.47 Å². The minimum atomic E-state index is -0.0359. The number of Topliss-reactive ketones (excluding diaryl/α,β-unsaturated/α-hetero) is 1. The highest BCUT2D eigenvalue weighted by Crippen LogP contribution is 2.29. The van der Waals surface area contributed by atoms with Gasteiger partial charge in [0.2, 0.25) is 0 Å². The van der Waals surface area contributed by atoms with Gasteiger partial charge in [0.05, 0.1) is 13.2 Å². The molecule has 0 aliphatic rings. The summed E-state index contributed by atoms with van der Waals surface area (Å²) in [5.41, 5.74) is 0.538. The second-order valence-electron chi connectivity index (χ2n) is 6.81. The normalized spacial score (nSPS) is 11.2. The first-order valence-electron chi connectivity index (χ1n) is 9.28. The highest BCUT2D eigenvalue weighted by atomic mass is 16.5. The lowest BCUT2D eigenvalue weighted by atomic mass is 10.1. The minimum Gasteiger partial charge on any atom is -0.493 e. The molecular weight excluding hydrogens is 316 g/mol. The molecule has 0 spiro atoms. The van der Waals surface area contributed by atoms with Crippen molar-refractivity contribution >= 4 is 5.78 Å². The predicted octanol–water partition coefficient (Wildman–Crippen LogP) is 3.42. The monoisotopic (exact) mass is 350 g/mol. The van der Waals surface area contributed by atoms with E-state index in [0.717, 1.165) is 25.9 Å². The van der Waals surface area contributed by atoms with Crippen LogP contribution in [0.5, 0.6) is 11.5 Å². The number of hydrogen-bond acceptors (Lipinski definition) is 5. The number of carbonyl (C=O) groups is 1. The number of hydrogen-bond donors (Lipinski definition) is 2. The summed E-state index contributed by atoms with van der Waals surface area (Å²) >= 11 is 0. The lowest BCUT2D eigenvalue weighted by Crippen LogP contribution is -2.25. The fourth-order valence-electron chi connectivity index (χ4n) is 2.39. The van der Waals surface area contributed by atoms with E-state index in [1.165, 1.54) is 0 Å². The van der Waals surface area contributed by atoms with Crippen LogP contribution in [0.4, 0.5) is 0 Å². The molecule has 0 saturated carbocycles. The zero-order valence-corrected chi connectivity index (χ0v) is 16.4. The Labute approximate surface area is 152 Å². The summed E-state index contributed by atoms with van der Waals surface area (Å²) in [6.45, 7) is 13.0. The Kier molecular flexibility index (Phi) is 10.2. The number of nitrogens with one attached hydrogen (secondary N) is 2. The molecule has 0 aromatic heterocycles. The lowest BCUT2D eigenvalue weighted by molar-refractivity contribution is 0.100. The summed E-state index contributed by atoms with van der Waals surface area (Å²) < 4.78 is 11.7. The lowest BCUT2D eigenvalue weighted by Gasteiger charge is -2.15. The highest BCUT2D eigenvalue weighted by molar-refractivity contribution is 5.99. The minimum absolute atomic E-state index is 0.0359. The molecule has 0 amide bonds. The third kappa shape index (κ3) is 8.89. The van der Waals surface area contributed by atoms with Crippen molar-refractivity contribution < 1.29 is 14.3 Å². The van der Waals surface area contributed by atoms with Gasteiger partial charge in [-0.3, -0.25) is 4.79 Å².